The van der Waals surface area contributed by atoms with Gasteiger partial charge in [-0.05, 0) is 32.8 Å². The Morgan fingerprint density at radius 3 is 2.61 bits per heavy atom. The number of nitrogens with one attached hydrogen (secondary N) is 1. The van der Waals surface area contributed by atoms with Crippen molar-refractivity contribution in [3.8, 4) is 0 Å². The fourth-order valence-electron chi connectivity index (χ4n) is 2.97. The van der Waals surface area contributed by atoms with E-state index in [1.165, 1.54) is 0 Å². The number of ether oxygens (including phenoxy) is 1. The lowest BCUT2D eigenvalue weighted by atomic mass is 9.90. The summed E-state index contributed by atoms with van der Waals surface area (Å²) in [5.74, 6) is 0.647. The molecular weight excluding hydrogens is 316 g/mol. The van der Waals surface area contributed by atoms with Gasteiger partial charge in [0.25, 0.3) is 0 Å². The quantitative estimate of drug-likeness (QED) is 0.902. The minimum atomic E-state index is -0.841. The van der Waals surface area contributed by atoms with E-state index in [4.69, 9.17) is 14.9 Å². The van der Waals surface area contributed by atoms with Gasteiger partial charge in [-0.15, -0.1) is 12.4 Å². The van der Waals surface area contributed by atoms with Crippen LogP contribution >= 0.6 is 12.4 Å². The topological polar surface area (TPSA) is 77.5 Å². The van der Waals surface area contributed by atoms with Gasteiger partial charge in [-0.3, -0.25) is 4.79 Å². The van der Waals surface area contributed by atoms with Crippen molar-refractivity contribution in [3.63, 3.8) is 0 Å². The van der Waals surface area contributed by atoms with Crippen LogP contribution in [0.25, 0.3) is 11.0 Å². The molecule has 23 heavy (non-hydrogen) atoms. The number of hydrogen-bond donors (Lipinski definition) is 2. The second-order valence-corrected chi connectivity index (χ2v) is 6.05. The van der Waals surface area contributed by atoms with Crippen molar-refractivity contribution in [1.29, 1.82) is 0 Å². The van der Waals surface area contributed by atoms with Gasteiger partial charge in [0.05, 0.1) is 11.6 Å². The van der Waals surface area contributed by atoms with Crippen LogP contribution in [0.5, 0.6) is 0 Å². The Morgan fingerprint density at radius 2 is 1.96 bits per heavy atom. The van der Waals surface area contributed by atoms with Crippen LogP contribution in [0, 0.1) is 6.92 Å². The van der Waals surface area contributed by atoms with Crippen LogP contribution in [-0.2, 0) is 9.53 Å². The van der Waals surface area contributed by atoms with Crippen molar-refractivity contribution in [2.75, 3.05) is 13.2 Å². The zero-order valence-electron chi connectivity index (χ0n) is 13.4. The lowest BCUT2D eigenvalue weighted by molar-refractivity contribution is -0.130. The summed E-state index contributed by atoms with van der Waals surface area (Å²) < 4.78 is 11.2. The third-order valence-electron chi connectivity index (χ3n) is 4.46. The SMILES string of the molecule is Cc1c(C(C)NC(=O)C2(N)CCOCC2)oc2ccccc12.Cl. The number of aryl methyl sites for hydroxylation is 1. The molecule has 126 valence electrons. The van der Waals surface area contributed by atoms with Crippen LogP contribution in [0.15, 0.2) is 28.7 Å². The first-order valence-electron chi connectivity index (χ1n) is 7.67. The summed E-state index contributed by atoms with van der Waals surface area (Å²) in [6, 6.07) is 7.66. The highest BCUT2D eigenvalue weighted by atomic mass is 35.5. The van der Waals surface area contributed by atoms with Gasteiger partial charge >= 0.3 is 0 Å². The number of amides is 1. The van der Waals surface area contributed by atoms with Gasteiger partial charge in [-0.25, -0.2) is 0 Å². The largest absolute Gasteiger partial charge is 0.459 e. The Morgan fingerprint density at radius 1 is 1.30 bits per heavy atom. The van der Waals surface area contributed by atoms with E-state index in [1.807, 2.05) is 38.1 Å². The average Bonchev–Trinajstić information content (AvgIpc) is 2.86. The Kier molecular flexibility index (Phi) is 5.34. The second-order valence-electron chi connectivity index (χ2n) is 6.05. The number of benzene rings is 1. The molecule has 1 atom stereocenters. The van der Waals surface area contributed by atoms with E-state index in [2.05, 4.69) is 5.32 Å². The molecule has 3 rings (SSSR count). The summed E-state index contributed by atoms with van der Waals surface area (Å²) in [6.45, 7) is 4.99. The molecule has 5 nitrogen and oxygen atoms in total. The number of rotatable bonds is 3. The molecule has 6 heteroatoms. The maximum atomic E-state index is 12.5. The lowest BCUT2D eigenvalue weighted by Crippen LogP contribution is -2.57. The van der Waals surface area contributed by atoms with Gasteiger partial charge in [0.15, 0.2) is 0 Å². The third kappa shape index (κ3) is 3.37. The zero-order valence-corrected chi connectivity index (χ0v) is 14.2. The Hall–Kier alpha value is -1.56. The summed E-state index contributed by atoms with van der Waals surface area (Å²) >= 11 is 0. The molecule has 1 unspecified atom stereocenters. The van der Waals surface area contributed by atoms with Crippen LogP contribution in [-0.4, -0.2) is 24.7 Å². The summed E-state index contributed by atoms with van der Waals surface area (Å²) in [5, 5.41) is 4.07. The van der Waals surface area contributed by atoms with E-state index in [0.29, 0.717) is 26.1 Å². The Labute approximate surface area is 142 Å². The maximum Gasteiger partial charge on any atom is 0.240 e. The van der Waals surface area contributed by atoms with E-state index < -0.39 is 5.54 Å². The van der Waals surface area contributed by atoms with Crippen molar-refractivity contribution < 1.29 is 13.9 Å². The maximum absolute atomic E-state index is 12.5. The van der Waals surface area contributed by atoms with E-state index in [-0.39, 0.29) is 24.4 Å². The first-order chi connectivity index (χ1) is 10.5. The van der Waals surface area contributed by atoms with Crippen molar-refractivity contribution in [3.05, 3.63) is 35.6 Å². The lowest BCUT2D eigenvalue weighted by Gasteiger charge is -2.32. The number of nitrogens with two attached hydrogens (primary N) is 1. The molecule has 0 saturated carbocycles. The van der Waals surface area contributed by atoms with Crippen LogP contribution in [0.4, 0.5) is 0 Å². The van der Waals surface area contributed by atoms with Crippen molar-refractivity contribution in [1.82, 2.24) is 5.32 Å². The fourth-order valence-corrected chi connectivity index (χ4v) is 2.97. The molecule has 0 bridgehead atoms. The minimum absolute atomic E-state index is 0. The molecule has 2 heterocycles. The Bertz CT molecular complexity index is 692. The number of para-hydroxylation sites is 1. The molecule has 0 spiro atoms. The molecular formula is C17H23ClN2O3. The van der Waals surface area contributed by atoms with Crippen LogP contribution < -0.4 is 11.1 Å². The highest BCUT2D eigenvalue weighted by Gasteiger charge is 2.37. The number of halogens is 1. The third-order valence-corrected chi connectivity index (χ3v) is 4.46. The predicted molar refractivity (Wildman–Crippen MR) is 91.7 cm³/mol. The predicted octanol–water partition coefficient (Wildman–Crippen LogP) is 2.85. The summed E-state index contributed by atoms with van der Waals surface area (Å²) in [7, 11) is 0. The second kappa shape index (κ2) is 6.91. The van der Waals surface area contributed by atoms with Crippen molar-refractivity contribution in [2.45, 2.75) is 38.3 Å². The first kappa shape index (κ1) is 17.8. The molecule has 0 aliphatic carbocycles. The molecule has 1 aliphatic heterocycles. The summed E-state index contributed by atoms with van der Waals surface area (Å²) in [4.78, 5) is 12.5. The fraction of sp³-hybridized carbons (Fsp3) is 0.471. The van der Waals surface area contributed by atoms with E-state index in [1.54, 1.807) is 0 Å². The normalized spacial score (nSPS) is 18.2. The highest BCUT2D eigenvalue weighted by Crippen LogP contribution is 2.29. The zero-order chi connectivity index (χ0) is 15.7. The number of hydrogen-bond acceptors (Lipinski definition) is 4. The molecule has 1 amide bonds. The van der Waals surface area contributed by atoms with Crippen molar-refractivity contribution in [2.24, 2.45) is 5.73 Å². The molecule has 1 aromatic carbocycles. The molecule has 1 aliphatic rings. The van der Waals surface area contributed by atoms with Gasteiger partial charge in [0, 0.05) is 24.2 Å². The van der Waals surface area contributed by atoms with Gasteiger partial charge in [0.2, 0.25) is 5.91 Å². The van der Waals surface area contributed by atoms with Crippen LogP contribution in [0.1, 0.15) is 37.1 Å². The highest BCUT2D eigenvalue weighted by molar-refractivity contribution is 5.87. The Balaban J connectivity index is 0.00000192. The summed E-state index contributed by atoms with van der Waals surface area (Å²) in [5.41, 5.74) is 7.27. The van der Waals surface area contributed by atoms with E-state index >= 15 is 0 Å². The average molecular weight is 339 g/mol. The van der Waals surface area contributed by atoms with Crippen LogP contribution in [0.2, 0.25) is 0 Å². The van der Waals surface area contributed by atoms with Gasteiger partial charge in [0.1, 0.15) is 11.3 Å². The van der Waals surface area contributed by atoms with Gasteiger partial charge in [-0.1, -0.05) is 18.2 Å². The molecule has 1 aromatic heterocycles. The van der Waals surface area contributed by atoms with E-state index in [9.17, 15) is 4.79 Å². The molecule has 3 N–H and O–H groups in total. The van der Waals surface area contributed by atoms with Gasteiger partial charge < -0.3 is 20.2 Å². The number of carbonyl (C=O) groups excluding carboxylic acids is 1. The molecule has 0 radical (unpaired) electrons. The number of carbonyl (C=O) groups is 1. The smallest absolute Gasteiger partial charge is 0.240 e. The molecule has 1 fully saturated rings. The number of fused-ring (bicyclic) bond motifs is 1. The van der Waals surface area contributed by atoms with E-state index in [0.717, 1.165) is 22.3 Å². The number of furan rings is 1. The molecule has 2 aromatic rings. The van der Waals surface area contributed by atoms with Crippen molar-refractivity contribution >= 4 is 29.3 Å². The minimum Gasteiger partial charge on any atom is -0.459 e. The summed E-state index contributed by atoms with van der Waals surface area (Å²) in [6.07, 6.45) is 1.09. The molecule has 1 saturated heterocycles. The van der Waals surface area contributed by atoms with Crippen LogP contribution in [0.3, 0.4) is 0 Å². The van der Waals surface area contributed by atoms with Gasteiger partial charge in [-0.2, -0.15) is 0 Å². The monoisotopic (exact) mass is 338 g/mol. The standard InChI is InChI=1S/C17H22N2O3.ClH/c1-11-13-5-3-4-6-14(13)22-15(11)12(2)19-16(20)17(18)7-9-21-10-8-17;/h3-6,12H,7-10,18H2,1-2H3,(H,19,20);1H. The first-order valence-corrected chi connectivity index (χ1v) is 7.67.